The molecule has 16 heteroatoms. The van der Waals surface area contributed by atoms with Crippen molar-refractivity contribution in [2.24, 2.45) is 0 Å². The van der Waals surface area contributed by atoms with Gasteiger partial charge in [0, 0.05) is 56.9 Å². The Kier molecular flexibility index (Phi) is 7.80. The van der Waals surface area contributed by atoms with Gasteiger partial charge >= 0.3 is 12.2 Å². The number of nitrogens with one attached hydrogen (secondary N) is 2. The van der Waals surface area contributed by atoms with Crippen LogP contribution in [0.3, 0.4) is 0 Å². The maximum atomic E-state index is 15.1. The van der Waals surface area contributed by atoms with Crippen LogP contribution in [0.4, 0.5) is 29.7 Å². The molecule has 0 unspecified atom stereocenters. The molecular formula is C25H26F2N8O6. The molecule has 41 heavy (non-hydrogen) atoms. The summed E-state index contributed by atoms with van der Waals surface area (Å²) in [4.78, 5) is 60.0. The van der Waals surface area contributed by atoms with E-state index in [1.54, 1.807) is 29.2 Å². The van der Waals surface area contributed by atoms with Crippen LogP contribution in [0.15, 0.2) is 36.9 Å². The van der Waals surface area contributed by atoms with Crippen molar-refractivity contribution in [3.05, 3.63) is 54.2 Å². The minimum atomic E-state index is -1.29. The van der Waals surface area contributed by atoms with Gasteiger partial charge in [-0.1, -0.05) is 0 Å². The Bertz CT molecular complexity index is 1440. The van der Waals surface area contributed by atoms with E-state index in [4.69, 9.17) is 9.84 Å². The average molecular weight is 573 g/mol. The average Bonchev–Trinajstić information content (AvgIpc) is 3.52. The summed E-state index contributed by atoms with van der Waals surface area (Å²) in [6, 6.07) is 2.03. The van der Waals surface area contributed by atoms with Gasteiger partial charge in [-0.25, -0.2) is 23.4 Å². The van der Waals surface area contributed by atoms with Crippen LogP contribution in [0.1, 0.15) is 5.69 Å². The molecule has 2 aromatic heterocycles. The summed E-state index contributed by atoms with van der Waals surface area (Å²) in [6.07, 6.45) is 3.64. The van der Waals surface area contributed by atoms with E-state index in [2.05, 4.69) is 20.6 Å². The number of cyclic esters (lactones) is 1. The lowest BCUT2D eigenvalue weighted by atomic mass is 10.2. The zero-order valence-corrected chi connectivity index (χ0v) is 21.6. The second-order valence-corrected chi connectivity index (χ2v) is 9.46. The largest absolute Gasteiger partial charge is 0.465 e. The first-order valence-electron chi connectivity index (χ1n) is 12.7. The maximum absolute atomic E-state index is 15.1. The Hall–Kier alpha value is -5.02. The predicted molar refractivity (Wildman–Crippen MR) is 138 cm³/mol. The third kappa shape index (κ3) is 6.26. The van der Waals surface area contributed by atoms with Crippen molar-refractivity contribution in [2.75, 3.05) is 55.6 Å². The highest BCUT2D eigenvalue weighted by molar-refractivity contribution is 5.90. The van der Waals surface area contributed by atoms with E-state index in [1.165, 1.54) is 9.80 Å². The number of hydrogen-bond acceptors (Lipinski definition) is 8. The van der Waals surface area contributed by atoms with Crippen molar-refractivity contribution in [3.8, 4) is 0 Å². The number of aromatic nitrogens is 3. The number of fused-ring (bicyclic) bond motifs is 1. The summed E-state index contributed by atoms with van der Waals surface area (Å²) in [7, 11) is 0. The smallest absolute Gasteiger partial charge is 0.414 e. The van der Waals surface area contributed by atoms with Gasteiger partial charge in [0.2, 0.25) is 11.8 Å². The number of rotatable bonds is 8. The zero-order chi connectivity index (χ0) is 29.1. The maximum Gasteiger partial charge on any atom is 0.414 e. The Morgan fingerprint density at radius 2 is 1.83 bits per heavy atom. The molecule has 0 aliphatic carbocycles. The first-order chi connectivity index (χ1) is 19.7. The second kappa shape index (κ2) is 11.6. The SMILES string of the molecule is O=C(O)NC[C@H]1CN(c2cc(F)c(N3CCN(C(=O)CNC(=O)Cc4cn5ccncc5n4)CC3)c(F)c2)C(=O)O1. The van der Waals surface area contributed by atoms with E-state index in [0.717, 1.165) is 17.0 Å². The number of piperazine rings is 1. The number of ether oxygens (including phenoxy) is 1. The van der Waals surface area contributed by atoms with Crippen LogP contribution < -0.4 is 20.4 Å². The Morgan fingerprint density at radius 1 is 1.10 bits per heavy atom. The van der Waals surface area contributed by atoms with Crippen molar-refractivity contribution < 1.29 is 37.8 Å². The quantitative estimate of drug-likeness (QED) is 0.351. The van der Waals surface area contributed by atoms with Crippen LogP contribution in [-0.2, 0) is 20.7 Å². The molecule has 5 rings (SSSR count). The molecule has 2 aliphatic rings. The summed E-state index contributed by atoms with van der Waals surface area (Å²) in [5, 5.41) is 13.4. The molecule has 14 nitrogen and oxygen atoms in total. The van der Waals surface area contributed by atoms with Gasteiger partial charge in [-0.3, -0.25) is 19.5 Å². The number of carboxylic acid groups (broad SMARTS) is 1. The molecule has 216 valence electrons. The standard InChI is InChI=1S/C25H26F2N8O6/c26-18-8-16(35-14-17(41-25(35)40)10-30-24(38)39)9-19(27)23(18)33-5-3-32(4-6-33)22(37)12-29-21(36)7-15-13-34-2-1-28-11-20(34)31-15/h1-2,8-9,11,13,17,30H,3-7,10,12,14H2,(H,29,36)(H,38,39)/t17-/m0/s1. The number of halogens is 2. The predicted octanol–water partition coefficient (Wildman–Crippen LogP) is 0.608. The molecule has 3 aromatic rings. The molecule has 1 aromatic carbocycles. The highest BCUT2D eigenvalue weighted by Crippen LogP contribution is 2.31. The minimum Gasteiger partial charge on any atom is -0.465 e. The topological polar surface area (TPSA) is 162 Å². The highest BCUT2D eigenvalue weighted by Gasteiger charge is 2.34. The molecule has 0 spiro atoms. The van der Waals surface area contributed by atoms with Gasteiger partial charge in [0.25, 0.3) is 0 Å². The summed E-state index contributed by atoms with van der Waals surface area (Å²) < 4.78 is 36.9. The van der Waals surface area contributed by atoms with E-state index in [9.17, 15) is 19.2 Å². The fourth-order valence-electron chi connectivity index (χ4n) is 4.72. The van der Waals surface area contributed by atoms with Gasteiger partial charge in [0.15, 0.2) is 17.3 Å². The first-order valence-corrected chi connectivity index (χ1v) is 12.7. The first kappa shape index (κ1) is 27.5. The number of imidazole rings is 1. The number of carbonyl (C=O) groups is 4. The second-order valence-electron chi connectivity index (χ2n) is 9.46. The van der Waals surface area contributed by atoms with Gasteiger partial charge in [0.1, 0.15) is 11.8 Å². The van der Waals surface area contributed by atoms with Crippen LogP contribution in [0.5, 0.6) is 0 Å². The van der Waals surface area contributed by atoms with Crippen molar-refractivity contribution in [1.29, 1.82) is 0 Å². The number of amides is 4. The number of benzene rings is 1. The lowest BCUT2D eigenvalue weighted by molar-refractivity contribution is -0.133. The van der Waals surface area contributed by atoms with E-state index in [0.29, 0.717) is 11.3 Å². The van der Waals surface area contributed by atoms with E-state index in [-0.39, 0.29) is 75.4 Å². The van der Waals surface area contributed by atoms with Crippen LogP contribution in [-0.4, -0.2) is 100 Å². The molecule has 0 bridgehead atoms. The monoisotopic (exact) mass is 572 g/mol. The van der Waals surface area contributed by atoms with Gasteiger partial charge in [-0.05, 0) is 0 Å². The number of hydrogen-bond donors (Lipinski definition) is 3. The molecule has 2 saturated heterocycles. The molecule has 2 fully saturated rings. The van der Waals surface area contributed by atoms with Crippen LogP contribution in [0, 0.1) is 11.6 Å². The van der Waals surface area contributed by atoms with Crippen molar-refractivity contribution in [3.63, 3.8) is 0 Å². The fraction of sp³-hybridized carbons (Fsp3) is 0.360. The Balaban J connectivity index is 1.12. The molecule has 4 heterocycles. The normalized spacial score (nSPS) is 17.1. The van der Waals surface area contributed by atoms with E-state index in [1.807, 2.05) is 0 Å². The third-order valence-electron chi connectivity index (χ3n) is 6.71. The van der Waals surface area contributed by atoms with E-state index >= 15 is 8.78 Å². The summed E-state index contributed by atoms with van der Waals surface area (Å²) in [6.45, 7) is 0.211. The lowest BCUT2D eigenvalue weighted by Crippen LogP contribution is -2.51. The van der Waals surface area contributed by atoms with Crippen LogP contribution in [0.2, 0.25) is 0 Å². The fourth-order valence-corrected chi connectivity index (χ4v) is 4.72. The van der Waals surface area contributed by atoms with Crippen molar-refractivity contribution in [1.82, 2.24) is 29.9 Å². The summed E-state index contributed by atoms with van der Waals surface area (Å²) >= 11 is 0. The third-order valence-corrected chi connectivity index (χ3v) is 6.71. The van der Waals surface area contributed by atoms with Gasteiger partial charge in [-0.2, -0.15) is 0 Å². The van der Waals surface area contributed by atoms with E-state index < -0.39 is 29.9 Å². The number of anilines is 2. The van der Waals surface area contributed by atoms with Crippen molar-refractivity contribution in [2.45, 2.75) is 12.5 Å². The molecule has 2 aliphatic heterocycles. The number of nitrogens with zero attached hydrogens (tertiary/aromatic N) is 6. The Morgan fingerprint density at radius 3 is 2.51 bits per heavy atom. The Labute approximate surface area is 231 Å². The van der Waals surface area contributed by atoms with Gasteiger partial charge in [0.05, 0.1) is 43.6 Å². The van der Waals surface area contributed by atoms with Crippen molar-refractivity contribution >= 4 is 41.0 Å². The molecule has 0 saturated carbocycles. The number of carbonyl (C=O) groups excluding carboxylic acids is 3. The molecule has 4 amide bonds. The molecular weight excluding hydrogens is 546 g/mol. The highest BCUT2D eigenvalue weighted by atomic mass is 19.1. The lowest BCUT2D eigenvalue weighted by Gasteiger charge is -2.36. The molecule has 1 atom stereocenters. The van der Waals surface area contributed by atoms with Crippen LogP contribution >= 0.6 is 0 Å². The van der Waals surface area contributed by atoms with Crippen LogP contribution in [0.25, 0.3) is 5.65 Å². The molecule has 0 radical (unpaired) electrons. The molecule has 3 N–H and O–H groups in total. The summed E-state index contributed by atoms with van der Waals surface area (Å²) in [5.41, 5.74) is 0.789. The van der Waals surface area contributed by atoms with Gasteiger partial charge < -0.3 is 34.7 Å². The zero-order valence-electron chi connectivity index (χ0n) is 21.6. The van der Waals surface area contributed by atoms with Gasteiger partial charge in [-0.15, -0.1) is 0 Å². The summed E-state index contributed by atoms with van der Waals surface area (Å²) in [5.74, 6) is -2.48. The minimum absolute atomic E-state index is 0.00762.